The maximum Gasteiger partial charge on any atom is 0.108 e. The molecule has 2 aromatic heterocycles. The number of H-pyrrole nitrogens is 1. The van der Waals surface area contributed by atoms with Crippen molar-refractivity contribution in [3.63, 3.8) is 0 Å². The number of nitrogens with one attached hydrogen (secondary N) is 1. The number of thiophene rings is 1. The highest BCUT2D eigenvalue weighted by Gasteiger charge is 2.17. The summed E-state index contributed by atoms with van der Waals surface area (Å²) in [5.41, 5.74) is 2.97. The average molecular weight is 208 g/mol. The van der Waals surface area contributed by atoms with E-state index in [-0.39, 0.29) is 0 Å². The molecular formula is C10H12N2OS. The van der Waals surface area contributed by atoms with E-state index in [1.807, 2.05) is 13.8 Å². The summed E-state index contributed by atoms with van der Waals surface area (Å²) in [5.74, 6) is 0. The normalized spacial score (nSPS) is 13.1. The van der Waals surface area contributed by atoms with Gasteiger partial charge in [0.25, 0.3) is 0 Å². The molecule has 74 valence electrons. The molecule has 1 unspecified atom stereocenters. The number of hydrogen-bond acceptors (Lipinski definition) is 3. The van der Waals surface area contributed by atoms with Crippen LogP contribution in [0.4, 0.5) is 0 Å². The smallest absolute Gasteiger partial charge is 0.108 e. The summed E-state index contributed by atoms with van der Waals surface area (Å²) in [6.07, 6.45) is 2.82. The molecule has 0 saturated carbocycles. The minimum Gasteiger partial charge on any atom is -0.383 e. The minimum atomic E-state index is -0.556. The van der Waals surface area contributed by atoms with Crippen molar-refractivity contribution < 1.29 is 5.11 Å². The van der Waals surface area contributed by atoms with Crippen molar-refractivity contribution >= 4 is 11.3 Å². The Balaban J connectivity index is 2.41. The fourth-order valence-electron chi connectivity index (χ4n) is 1.57. The summed E-state index contributed by atoms with van der Waals surface area (Å²) in [6, 6.07) is 0. The maximum absolute atomic E-state index is 10.1. The van der Waals surface area contributed by atoms with E-state index < -0.39 is 6.10 Å². The van der Waals surface area contributed by atoms with Gasteiger partial charge in [-0.1, -0.05) is 0 Å². The number of aromatic nitrogens is 2. The van der Waals surface area contributed by atoms with Gasteiger partial charge in [-0.15, -0.1) is 11.3 Å². The summed E-state index contributed by atoms with van der Waals surface area (Å²) in [6.45, 7) is 4.04. The summed E-state index contributed by atoms with van der Waals surface area (Å²) >= 11 is 1.67. The zero-order chi connectivity index (χ0) is 10.1. The van der Waals surface area contributed by atoms with Gasteiger partial charge in [0.05, 0.1) is 6.20 Å². The molecule has 2 heterocycles. The van der Waals surface area contributed by atoms with Crippen LogP contribution < -0.4 is 0 Å². The molecule has 14 heavy (non-hydrogen) atoms. The van der Waals surface area contributed by atoms with Gasteiger partial charge in [-0.2, -0.15) is 5.10 Å². The summed E-state index contributed by atoms with van der Waals surface area (Å²) in [5, 5.41) is 18.7. The zero-order valence-corrected chi connectivity index (χ0v) is 8.93. The molecule has 2 N–H and O–H groups in total. The highest BCUT2D eigenvalue weighted by atomic mass is 32.1. The molecule has 0 aliphatic heterocycles. The lowest BCUT2D eigenvalue weighted by Crippen LogP contribution is -2.00. The summed E-state index contributed by atoms with van der Waals surface area (Å²) in [7, 11) is 0. The van der Waals surface area contributed by atoms with Crippen LogP contribution in [-0.4, -0.2) is 15.3 Å². The SMILES string of the molecule is Cc1csc(C)c1C(O)c1cn[nH]c1. The fourth-order valence-corrected chi connectivity index (χ4v) is 2.45. The maximum atomic E-state index is 10.1. The number of aliphatic hydroxyl groups is 1. The first-order chi connectivity index (χ1) is 6.70. The van der Waals surface area contributed by atoms with Crippen molar-refractivity contribution in [1.82, 2.24) is 10.2 Å². The lowest BCUT2D eigenvalue weighted by Gasteiger charge is -2.09. The highest BCUT2D eigenvalue weighted by Crippen LogP contribution is 2.30. The molecular weight excluding hydrogens is 196 g/mol. The van der Waals surface area contributed by atoms with Gasteiger partial charge < -0.3 is 5.11 Å². The molecule has 0 fully saturated rings. The molecule has 0 spiro atoms. The molecule has 0 saturated heterocycles. The Morgan fingerprint density at radius 2 is 2.29 bits per heavy atom. The molecule has 0 radical (unpaired) electrons. The molecule has 1 atom stereocenters. The topological polar surface area (TPSA) is 48.9 Å². The van der Waals surface area contributed by atoms with E-state index in [4.69, 9.17) is 0 Å². The van der Waals surface area contributed by atoms with Crippen molar-refractivity contribution in [2.75, 3.05) is 0 Å². The van der Waals surface area contributed by atoms with Gasteiger partial charge in [-0.25, -0.2) is 0 Å². The van der Waals surface area contributed by atoms with Crippen molar-refractivity contribution in [2.24, 2.45) is 0 Å². The first-order valence-corrected chi connectivity index (χ1v) is 5.29. The van der Waals surface area contributed by atoms with Gasteiger partial charge in [0, 0.05) is 22.2 Å². The predicted molar refractivity (Wildman–Crippen MR) is 56.4 cm³/mol. The van der Waals surface area contributed by atoms with Crippen molar-refractivity contribution in [3.05, 3.63) is 39.3 Å². The van der Waals surface area contributed by atoms with Crippen molar-refractivity contribution in [3.8, 4) is 0 Å². The molecule has 0 amide bonds. The lowest BCUT2D eigenvalue weighted by molar-refractivity contribution is 0.219. The number of nitrogens with zero attached hydrogens (tertiary/aromatic N) is 1. The number of hydrogen-bond donors (Lipinski definition) is 2. The van der Waals surface area contributed by atoms with Crippen LogP contribution in [0.25, 0.3) is 0 Å². The van der Waals surface area contributed by atoms with E-state index in [1.54, 1.807) is 23.7 Å². The van der Waals surface area contributed by atoms with E-state index in [2.05, 4.69) is 15.6 Å². The summed E-state index contributed by atoms with van der Waals surface area (Å²) in [4.78, 5) is 1.16. The molecule has 2 rings (SSSR count). The second-order valence-corrected chi connectivity index (χ2v) is 4.41. The molecule has 0 bridgehead atoms. The van der Waals surface area contributed by atoms with Crippen molar-refractivity contribution in [2.45, 2.75) is 20.0 Å². The Kier molecular flexibility index (Phi) is 2.39. The Bertz CT molecular complexity index is 400. The third-order valence-electron chi connectivity index (χ3n) is 2.33. The van der Waals surface area contributed by atoms with Crippen LogP contribution in [0.3, 0.4) is 0 Å². The first-order valence-electron chi connectivity index (χ1n) is 4.41. The van der Waals surface area contributed by atoms with Crippen LogP contribution >= 0.6 is 11.3 Å². The van der Waals surface area contributed by atoms with Gasteiger partial charge in [-0.05, 0) is 24.8 Å². The molecule has 0 aliphatic carbocycles. The standard InChI is InChI=1S/C10H12N2OS/c1-6-5-14-7(2)9(6)10(13)8-3-11-12-4-8/h3-5,10,13H,1-2H3,(H,11,12). The lowest BCUT2D eigenvalue weighted by atomic mass is 10.0. The Morgan fingerprint density at radius 1 is 1.50 bits per heavy atom. The fraction of sp³-hybridized carbons (Fsp3) is 0.300. The van der Waals surface area contributed by atoms with Crippen LogP contribution in [0.1, 0.15) is 27.7 Å². The van der Waals surface area contributed by atoms with Gasteiger partial charge >= 0.3 is 0 Å². The largest absolute Gasteiger partial charge is 0.383 e. The number of rotatable bonds is 2. The van der Waals surface area contributed by atoms with Gasteiger partial charge in [0.2, 0.25) is 0 Å². The van der Waals surface area contributed by atoms with Crippen LogP contribution in [0.5, 0.6) is 0 Å². The third-order valence-corrected chi connectivity index (χ3v) is 3.37. The quantitative estimate of drug-likeness (QED) is 0.794. The zero-order valence-electron chi connectivity index (χ0n) is 8.11. The van der Waals surface area contributed by atoms with Gasteiger partial charge in [0.15, 0.2) is 0 Å². The van der Waals surface area contributed by atoms with Gasteiger partial charge in [0.1, 0.15) is 6.10 Å². The Labute approximate surface area is 86.4 Å². The second-order valence-electron chi connectivity index (χ2n) is 3.32. The monoisotopic (exact) mass is 208 g/mol. The van der Waals surface area contributed by atoms with Crippen LogP contribution in [-0.2, 0) is 0 Å². The van der Waals surface area contributed by atoms with E-state index in [0.29, 0.717) is 0 Å². The first kappa shape index (κ1) is 9.43. The molecule has 2 aromatic rings. The van der Waals surface area contributed by atoms with E-state index in [1.165, 1.54) is 0 Å². The Hall–Kier alpha value is -1.13. The molecule has 0 aliphatic rings. The molecule has 4 heteroatoms. The van der Waals surface area contributed by atoms with Crippen LogP contribution in [0.2, 0.25) is 0 Å². The molecule has 3 nitrogen and oxygen atoms in total. The minimum absolute atomic E-state index is 0.556. The van der Waals surface area contributed by atoms with Gasteiger partial charge in [-0.3, -0.25) is 5.10 Å². The second kappa shape index (κ2) is 3.55. The Morgan fingerprint density at radius 3 is 2.79 bits per heavy atom. The number of aromatic amines is 1. The number of aliphatic hydroxyl groups excluding tert-OH is 1. The van der Waals surface area contributed by atoms with Crippen LogP contribution in [0.15, 0.2) is 17.8 Å². The highest BCUT2D eigenvalue weighted by molar-refractivity contribution is 7.10. The molecule has 0 aromatic carbocycles. The van der Waals surface area contributed by atoms with E-state index >= 15 is 0 Å². The average Bonchev–Trinajstić information content (AvgIpc) is 2.75. The van der Waals surface area contributed by atoms with E-state index in [0.717, 1.165) is 21.6 Å². The van der Waals surface area contributed by atoms with E-state index in [9.17, 15) is 5.11 Å². The predicted octanol–water partition coefficient (Wildman–Crippen LogP) is 2.17. The third kappa shape index (κ3) is 1.47. The number of aryl methyl sites for hydroxylation is 2. The summed E-state index contributed by atoms with van der Waals surface area (Å²) < 4.78 is 0. The van der Waals surface area contributed by atoms with Crippen molar-refractivity contribution in [1.29, 1.82) is 0 Å². The van der Waals surface area contributed by atoms with Crippen LogP contribution in [0, 0.1) is 13.8 Å².